The molecule has 1 aliphatic heterocycles. The molecule has 32 heavy (non-hydrogen) atoms. The third-order valence-electron chi connectivity index (χ3n) is 6.63. The molecule has 3 nitrogen and oxygen atoms in total. The molecule has 3 aromatic rings. The maximum absolute atomic E-state index is 12.0. The van der Waals surface area contributed by atoms with Crippen molar-refractivity contribution in [2.75, 3.05) is 18.4 Å². The van der Waals surface area contributed by atoms with E-state index in [9.17, 15) is 5.11 Å². The van der Waals surface area contributed by atoms with E-state index in [1.807, 2.05) is 60.7 Å². The topological polar surface area (TPSA) is 35.5 Å². The lowest BCUT2D eigenvalue weighted by atomic mass is 9.72. The first-order valence-corrected chi connectivity index (χ1v) is 11.9. The molecule has 0 saturated carbocycles. The smallest absolute Gasteiger partial charge is 0.173 e. The highest BCUT2D eigenvalue weighted by Crippen LogP contribution is 2.42. The Kier molecular flexibility index (Phi) is 6.92. The number of benzene rings is 3. The summed E-state index contributed by atoms with van der Waals surface area (Å²) in [6.45, 7) is 6.04. The number of aliphatic hydroxyl groups is 1. The fourth-order valence-electron chi connectivity index (χ4n) is 4.68. The van der Waals surface area contributed by atoms with Crippen LogP contribution < -0.4 is 5.32 Å². The van der Waals surface area contributed by atoms with Gasteiger partial charge in [0, 0.05) is 18.8 Å². The summed E-state index contributed by atoms with van der Waals surface area (Å²) in [5.74, 6) is 0.639. The van der Waals surface area contributed by atoms with Gasteiger partial charge in [-0.2, -0.15) is 0 Å². The van der Waals surface area contributed by atoms with Gasteiger partial charge in [0.2, 0.25) is 0 Å². The van der Waals surface area contributed by atoms with E-state index in [0.717, 1.165) is 47.9 Å². The molecule has 4 rings (SSSR count). The van der Waals surface area contributed by atoms with Crippen LogP contribution in [0.1, 0.15) is 49.3 Å². The van der Waals surface area contributed by atoms with Gasteiger partial charge in [0.25, 0.3) is 0 Å². The first-order valence-electron chi connectivity index (χ1n) is 11.5. The van der Waals surface area contributed by atoms with Gasteiger partial charge in [0.15, 0.2) is 5.11 Å². The zero-order valence-corrected chi connectivity index (χ0v) is 19.7. The van der Waals surface area contributed by atoms with Crippen molar-refractivity contribution in [3.05, 3.63) is 102 Å². The zero-order chi connectivity index (χ0) is 22.6. The SMILES string of the molecule is CC(C)c1ccc(NC(=S)N2CCC(C(O)(c3ccccc3)c3ccccc3)CC2)cc1. The van der Waals surface area contributed by atoms with Gasteiger partial charge in [-0.1, -0.05) is 86.6 Å². The number of likely N-dealkylation sites (tertiary alicyclic amines) is 1. The van der Waals surface area contributed by atoms with Crippen LogP contribution in [0.4, 0.5) is 5.69 Å². The van der Waals surface area contributed by atoms with E-state index in [4.69, 9.17) is 12.2 Å². The highest BCUT2D eigenvalue weighted by molar-refractivity contribution is 7.80. The molecule has 0 aliphatic carbocycles. The first-order chi connectivity index (χ1) is 15.5. The van der Waals surface area contributed by atoms with Crippen LogP contribution in [0.15, 0.2) is 84.9 Å². The molecule has 0 radical (unpaired) electrons. The molecule has 1 saturated heterocycles. The predicted molar refractivity (Wildman–Crippen MR) is 137 cm³/mol. The van der Waals surface area contributed by atoms with Gasteiger partial charge in [-0.25, -0.2) is 0 Å². The Morgan fingerprint density at radius 3 is 1.84 bits per heavy atom. The lowest BCUT2D eigenvalue weighted by Crippen LogP contribution is -2.47. The molecular formula is C28H32N2OS. The lowest BCUT2D eigenvalue weighted by Gasteiger charge is -2.43. The van der Waals surface area contributed by atoms with Gasteiger partial charge in [0.1, 0.15) is 5.60 Å². The van der Waals surface area contributed by atoms with E-state index in [0.29, 0.717) is 5.92 Å². The number of rotatable bonds is 5. The van der Waals surface area contributed by atoms with E-state index < -0.39 is 5.60 Å². The molecule has 1 fully saturated rings. The van der Waals surface area contributed by atoms with E-state index in [1.165, 1.54) is 5.56 Å². The molecule has 166 valence electrons. The van der Waals surface area contributed by atoms with E-state index in [2.05, 4.69) is 48.3 Å². The van der Waals surface area contributed by atoms with Crippen LogP contribution in [0.2, 0.25) is 0 Å². The van der Waals surface area contributed by atoms with Crippen molar-refractivity contribution in [2.45, 2.75) is 38.2 Å². The molecule has 0 spiro atoms. The monoisotopic (exact) mass is 444 g/mol. The van der Waals surface area contributed by atoms with Gasteiger partial charge >= 0.3 is 0 Å². The van der Waals surface area contributed by atoms with Crippen molar-refractivity contribution >= 4 is 23.0 Å². The largest absolute Gasteiger partial charge is 0.380 e. The quantitative estimate of drug-likeness (QED) is 0.462. The molecule has 0 amide bonds. The summed E-state index contributed by atoms with van der Waals surface area (Å²) in [7, 11) is 0. The highest BCUT2D eigenvalue weighted by Gasteiger charge is 2.41. The molecule has 1 aliphatic rings. The van der Waals surface area contributed by atoms with Crippen LogP contribution in [0.5, 0.6) is 0 Å². The predicted octanol–water partition coefficient (Wildman–Crippen LogP) is 6.15. The molecule has 4 heteroatoms. The summed E-state index contributed by atoms with van der Waals surface area (Å²) in [6.07, 6.45) is 1.74. The standard InChI is InChI=1S/C28H32N2OS/c1-21(2)22-13-15-26(16-14-22)29-27(32)30-19-17-25(18-20-30)28(31,23-9-5-3-6-10-23)24-11-7-4-8-12-24/h3-16,21,25,31H,17-20H2,1-2H3,(H,29,32). The first kappa shape index (κ1) is 22.5. The van der Waals surface area contributed by atoms with E-state index in [1.54, 1.807) is 0 Å². The fraction of sp³-hybridized carbons (Fsp3) is 0.321. The molecule has 0 bridgehead atoms. The summed E-state index contributed by atoms with van der Waals surface area (Å²) in [4.78, 5) is 2.22. The normalized spacial score (nSPS) is 15.1. The summed E-state index contributed by atoms with van der Waals surface area (Å²) in [5, 5.41) is 16.2. The number of hydrogen-bond acceptors (Lipinski definition) is 2. The Balaban J connectivity index is 1.46. The summed E-state index contributed by atoms with van der Waals surface area (Å²) >= 11 is 5.71. The average Bonchev–Trinajstić information content (AvgIpc) is 2.85. The second kappa shape index (κ2) is 9.85. The highest BCUT2D eigenvalue weighted by atomic mass is 32.1. The minimum absolute atomic E-state index is 0.122. The minimum atomic E-state index is -1.00. The number of nitrogens with one attached hydrogen (secondary N) is 1. The van der Waals surface area contributed by atoms with Crippen molar-refractivity contribution in [3.63, 3.8) is 0 Å². The van der Waals surface area contributed by atoms with E-state index >= 15 is 0 Å². The van der Waals surface area contributed by atoms with Crippen LogP contribution in [0, 0.1) is 5.92 Å². The number of anilines is 1. The van der Waals surface area contributed by atoms with E-state index in [-0.39, 0.29) is 5.92 Å². The minimum Gasteiger partial charge on any atom is -0.380 e. The van der Waals surface area contributed by atoms with Crippen molar-refractivity contribution in [3.8, 4) is 0 Å². The van der Waals surface area contributed by atoms with Gasteiger partial charge in [-0.3, -0.25) is 0 Å². The van der Waals surface area contributed by atoms with Gasteiger partial charge in [-0.15, -0.1) is 0 Å². The van der Waals surface area contributed by atoms with Gasteiger partial charge in [-0.05, 0) is 65.7 Å². The third kappa shape index (κ3) is 4.72. The number of piperidine rings is 1. The van der Waals surface area contributed by atoms with Crippen molar-refractivity contribution in [1.29, 1.82) is 0 Å². The zero-order valence-electron chi connectivity index (χ0n) is 18.9. The van der Waals surface area contributed by atoms with Gasteiger partial charge in [0.05, 0.1) is 0 Å². The lowest BCUT2D eigenvalue weighted by molar-refractivity contribution is -0.00631. The Morgan fingerprint density at radius 2 is 1.38 bits per heavy atom. The van der Waals surface area contributed by atoms with Crippen LogP contribution >= 0.6 is 12.2 Å². The Labute approximate surface area is 197 Å². The van der Waals surface area contributed by atoms with Gasteiger partial charge < -0.3 is 15.3 Å². The second-order valence-electron chi connectivity index (χ2n) is 8.97. The summed E-state index contributed by atoms with van der Waals surface area (Å²) in [5.41, 5.74) is 3.25. The Bertz CT molecular complexity index is 971. The summed E-state index contributed by atoms with van der Waals surface area (Å²) in [6, 6.07) is 28.6. The van der Waals surface area contributed by atoms with Crippen LogP contribution in [0.25, 0.3) is 0 Å². The van der Waals surface area contributed by atoms with Crippen LogP contribution in [-0.4, -0.2) is 28.2 Å². The molecule has 2 N–H and O–H groups in total. The van der Waals surface area contributed by atoms with Crippen LogP contribution in [-0.2, 0) is 5.60 Å². The number of hydrogen-bond donors (Lipinski definition) is 2. The second-order valence-corrected chi connectivity index (χ2v) is 9.35. The Hall–Kier alpha value is -2.69. The molecule has 0 unspecified atom stereocenters. The maximum Gasteiger partial charge on any atom is 0.173 e. The van der Waals surface area contributed by atoms with Crippen LogP contribution in [0.3, 0.4) is 0 Å². The number of thiocarbonyl (C=S) groups is 1. The molecule has 0 aromatic heterocycles. The molecular weight excluding hydrogens is 412 g/mol. The van der Waals surface area contributed by atoms with Crippen molar-refractivity contribution in [1.82, 2.24) is 4.90 Å². The average molecular weight is 445 g/mol. The molecule has 1 heterocycles. The maximum atomic E-state index is 12.0. The van der Waals surface area contributed by atoms with Crippen molar-refractivity contribution < 1.29 is 5.11 Å². The summed E-state index contributed by atoms with van der Waals surface area (Å²) < 4.78 is 0. The third-order valence-corrected chi connectivity index (χ3v) is 6.99. The molecule has 0 atom stereocenters. The molecule has 3 aromatic carbocycles. The van der Waals surface area contributed by atoms with Crippen molar-refractivity contribution in [2.24, 2.45) is 5.92 Å². The fourth-order valence-corrected chi connectivity index (χ4v) is 4.98. The Morgan fingerprint density at radius 1 is 0.875 bits per heavy atom. The number of nitrogens with zero attached hydrogens (tertiary/aromatic N) is 1.